The minimum Gasteiger partial charge on any atom is -0.357 e. The second-order valence-electron chi connectivity index (χ2n) is 9.50. The zero-order valence-corrected chi connectivity index (χ0v) is 22.4. The Balaban J connectivity index is 1.55. The first-order valence-corrected chi connectivity index (χ1v) is 12.9. The molecule has 2 aromatic heterocycles. The molecule has 0 aliphatic carbocycles. The van der Waals surface area contributed by atoms with Gasteiger partial charge in [-0.15, -0.1) is 0 Å². The molecule has 0 radical (unpaired) electrons. The van der Waals surface area contributed by atoms with Crippen molar-refractivity contribution in [2.45, 2.75) is 44.9 Å². The zero-order chi connectivity index (χ0) is 27.3. The maximum atomic E-state index is 13.9. The Morgan fingerprint density at radius 3 is 2.63 bits per heavy atom. The van der Waals surface area contributed by atoms with Gasteiger partial charge < -0.3 is 15.1 Å². The number of carbonyl (C=O) groups is 3. The van der Waals surface area contributed by atoms with Gasteiger partial charge in [-0.1, -0.05) is 23.2 Å². The van der Waals surface area contributed by atoms with Crippen molar-refractivity contribution in [2.75, 3.05) is 13.6 Å². The number of nitrogens with one attached hydrogen (secondary N) is 1. The molecule has 0 unspecified atom stereocenters. The Labute approximate surface area is 228 Å². The Morgan fingerprint density at radius 1 is 1.18 bits per heavy atom. The molecular formula is C26H25Cl2FN6O3. The summed E-state index contributed by atoms with van der Waals surface area (Å²) in [5.74, 6) is -1.42. The molecule has 1 aromatic carbocycles. The average Bonchev–Trinajstić information content (AvgIpc) is 3.27. The van der Waals surface area contributed by atoms with Crippen LogP contribution in [0.25, 0.3) is 0 Å². The van der Waals surface area contributed by atoms with E-state index in [0.29, 0.717) is 34.0 Å². The van der Waals surface area contributed by atoms with Crippen molar-refractivity contribution < 1.29 is 18.8 Å². The highest BCUT2D eigenvalue weighted by molar-refractivity contribution is 6.42. The minimum atomic E-state index is -0.802. The molecule has 9 nitrogen and oxygen atoms in total. The van der Waals surface area contributed by atoms with Gasteiger partial charge in [0.05, 0.1) is 40.6 Å². The number of hydrogen-bond donors (Lipinski definition) is 1. The molecule has 12 heteroatoms. The van der Waals surface area contributed by atoms with Gasteiger partial charge in [0, 0.05) is 36.8 Å². The van der Waals surface area contributed by atoms with Gasteiger partial charge in [-0.25, -0.2) is 9.07 Å². The number of nitrogens with zero attached hydrogens (tertiary/aromatic N) is 5. The predicted molar refractivity (Wildman–Crippen MR) is 138 cm³/mol. The quantitative estimate of drug-likeness (QED) is 0.524. The summed E-state index contributed by atoms with van der Waals surface area (Å²) >= 11 is 12.2. The van der Waals surface area contributed by atoms with Gasteiger partial charge in [0.1, 0.15) is 17.6 Å². The number of benzene rings is 1. The molecule has 0 bridgehead atoms. The van der Waals surface area contributed by atoms with Crippen LogP contribution in [0.5, 0.6) is 0 Å². The smallest absolute Gasteiger partial charge is 0.273 e. The van der Waals surface area contributed by atoms with Crippen molar-refractivity contribution in [1.82, 2.24) is 29.9 Å². The van der Waals surface area contributed by atoms with Gasteiger partial charge in [-0.05, 0) is 44.2 Å². The van der Waals surface area contributed by atoms with E-state index in [1.54, 1.807) is 24.0 Å². The second kappa shape index (κ2) is 9.99. The maximum Gasteiger partial charge on any atom is 0.273 e. The normalized spacial score (nSPS) is 19.6. The Kier molecular flexibility index (Phi) is 6.87. The first-order valence-electron chi connectivity index (χ1n) is 12.1. The van der Waals surface area contributed by atoms with Gasteiger partial charge in [-0.3, -0.25) is 19.4 Å². The first kappa shape index (κ1) is 26.1. The van der Waals surface area contributed by atoms with Crippen LogP contribution in [0.2, 0.25) is 10.0 Å². The molecule has 4 heterocycles. The largest absolute Gasteiger partial charge is 0.357 e. The number of fused-ring (bicyclic) bond motifs is 3. The van der Waals surface area contributed by atoms with Gasteiger partial charge in [0.2, 0.25) is 5.91 Å². The molecule has 3 aromatic rings. The summed E-state index contributed by atoms with van der Waals surface area (Å²) in [4.78, 5) is 47.7. The summed E-state index contributed by atoms with van der Waals surface area (Å²) in [5.41, 5.74) is 2.21. The lowest BCUT2D eigenvalue weighted by Crippen LogP contribution is -2.49. The Hall–Kier alpha value is -3.50. The van der Waals surface area contributed by atoms with Crippen LogP contribution < -0.4 is 5.32 Å². The fourth-order valence-corrected chi connectivity index (χ4v) is 5.37. The van der Waals surface area contributed by atoms with Crippen LogP contribution in [-0.2, 0) is 17.8 Å². The third-order valence-corrected chi connectivity index (χ3v) is 7.92. The van der Waals surface area contributed by atoms with E-state index >= 15 is 0 Å². The number of pyridine rings is 1. The van der Waals surface area contributed by atoms with E-state index < -0.39 is 17.9 Å². The van der Waals surface area contributed by atoms with Crippen LogP contribution in [0.15, 0.2) is 36.5 Å². The molecule has 0 saturated heterocycles. The fourth-order valence-electron chi connectivity index (χ4n) is 5.07. The van der Waals surface area contributed by atoms with Crippen LogP contribution >= 0.6 is 23.2 Å². The summed E-state index contributed by atoms with van der Waals surface area (Å²) in [6, 6.07) is 5.56. The topological polar surface area (TPSA) is 100 Å². The van der Waals surface area contributed by atoms with Crippen molar-refractivity contribution >= 4 is 40.9 Å². The van der Waals surface area contributed by atoms with Crippen molar-refractivity contribution in [3.8, 4) is 0 Å². The second-order valence-corrected chi connectivity index (χ2v) is 10.3. The van der Waals surface area contributed by atoms with Crippen LogP contribution in [0.4, 0.5) is 4.39 Å². The van der Waals surface area contributed by atoms with E-state index in [-0.39, 0.29) is 47.6 Å². The standard InChI is InChI=1S/C26H25Cl2FN6O3/c1-13-8-21-17(11-33(13)25(37)15-4-5-18(27)19(28)9-15)23-26(38)34(12-22(24(36)30-3)35(23)32-21)14(2)20-10-16(29)6-7-31-20/h4-7,9-10,13-14,22H,8,11-12H2,1-3H3,(H,30,36)/t13-,14-,22+/m1/s1. The lowest BCUT2D eigenvalue weighted by atomic mass is 9.96. The number of rotatable bonds is 4. The number of likely N-dealkylation sites (N-methyl/N-ethyl adjacent to an activating group) is 1. The monoisotopic (exact) mass is 558 g/mol. The highest BCUT2D eigenvalue weighted by Crippen LogP contribution is 2.35. The van der Waals surface area contributed by atoms with E-state index in [1.165, 1.54) is 41.0 Å². The van der Waals surface area contributed by atoms with Crippen LogP contribution in [0.1, 0.15) is 63.7 Å². The third kappa shape index (κ3) is 4.41. The molecular weight excluding hydrogens is 534 g/mol. The van der Waals surface area contributed by atoms with E-state index in [0.717, 1.165) is 0 Å². The van der Waals surface area contributed by atoms with E-state index in [1.807, 2.05) is 6.92 Å². The van der Waals surface area contributed by atoms with Crippen molar-refractivity contribution in [1.29, 1.82) is 0 Å². The van der Waals surface area contributed by atoms with Crippen LogP contribution in [-0.4, -0.2) is 61.9 Å². The molecule has 5 rings (SSSR count). The number of halogens is 3. The summed E-state index contributed by atoms with van der Waals surface area (Å²) in [5, 5.41) is 7.93. The molecule has 0 saturated carbocycles. The molecule has 38 heavy (non-hydrogen) atoms. The highest BCUT2D eigenvalue weighted by atomic mass is 35.5. The molecule has 1 N–H and O–H groups in total. The Morgan fingerprint density at radius 2 is 1.95 bits per heavy atom. The van der Waals surface area contributed by atoms with Gasteiger partial charge in [-0.2, -0.15) is 5.10 Å². The van der Waals surface area contributed by atoms with Crippen LogP contribution in [0, 0.1) is 5.82 Å². The van der Waals surface area contributed by atoms with E-state index in [9.17, 15) is 18.8 Å². The molecule has 198 valence electrons. The summed E-state index contributed by atoms with van der Waals surface area (Å²) in [7, 11) is 1.52. The highest BCUT2D eigenvalue weighted by Gasteiger charge is 2.43. The van der Waals surface area contributed by atoms with Gasteiger partial charge in [0.25, 0.3) is 11.8 Å². The zero-order valence-electron chi connectivity index (χ0n) is 20.9. The maximum absolute atomic E-state index is 13.9. The minimum absolute atomic E-state index is 0.0346. The van der Waals surface area contributed by atoms with Gasteiger partial charge in [0.15, 0.2) is 0 Å². The summed E-state index contributed by atoms with van der Waals surface area (Å²) in [6.07, 6.45) is 1.74. The van der Waals surface area contributed by atoms with Crippen molar-refractivity contribution in [2.24, 2.45) is 0 Å². The van der Waals surface area contributed by atoms with Crippen molar-refractivity contribution in [3.05, 3.63) is 80.6 Å². The number of aromatic nitrogens is 3. The van der Waals surface area contributed by atoms with Gasteiger partial charge >= 0.3 is 0 Å². The fraction of sp³-hybridized carbons (Fsp3) is 0.346. The number of carbonyl (C=O) groups excluding carboxylic acids is 3. The summed E-state index contributed by atoms with van der Waals surface area (Å²) in [6.45, 7) is 3.80. The lowest BCUT2D eigenvalue weighted by Gasteiger charge is -2.37. The van der Waals surface area contributed by atoms with E-state index in [2.05, 4.69) is 15.4 Å². The predicted octanol–water partition coefficient (Wildman–Crippen LogP) is 3.82. The van der Waals surface area contributed by atoms with Crippen LogP contribution in [0.3, 0.4) is 0 Å². The average molecular weight is 559 g/mol. The molecule has 0 fully saturated rings. The number of amides is 3. The molecule has 2 aliphatic rings. The molecule has 2 aliphatic heterocycles. The third-order valence-electron chi connectivity index (χ3n) is 7.18. The first-order chi connectivity index (χ1) is 18.1. The molecule has 0 spiro atoms. The van der Waals surface area contributed by atoms with Crippen molar-refractivity contribution in [3.63, 3.8) is 0 Å². The molecule has 3 atom stereocenters. The SMILES string of the molecule is CNC(=O)[C@@H]1CN([C@H](C)c2cc(F)ccn2)C(=O)c2c3c(nn21)C[C@@H](C)N(C(=O)c1ccc(Cl)c(Cl)c1)C3. The lowest BCUT2D eigenvalue weighted by molar-refractivity contribution is -0.125. The van der Waals surface area contributed by atoms with E-state index in [4.69, 9.17) is 23.2 Å². The summed E-state index contributed by atoms with van der Waals surface area (Å²) < 4.78 is 15.4. The number of hydrogen-bond acceptors (Lipinski definition) is 5. The Bertz CT molecular complexity index is 1460. The molecule has 3 amide bonds.